The molecule has 2 rings (SSSR count). The molecule has 2 N–H and O–H groups in total. The third-order valence-corrected chi connectivity index (χ3v) is 3.98. The Morgan fingerprint density at radius 1 is 1.48 bits per heavy atom. The number of nitrogen functional groups attached to an aromatic ring is 1. The fraction of sp³-hybridized carbons (Fsp3) is 0.562. The average molecular weight is 291 g/mol. The fourth-order valence-corrected chi connectivity index (χ4v) is 2.80. The van der Waals surface area contributed by atoms with Crippen LogP contribution in [-0.2, 0) is 4.74 Å². The van der Waals surface area contributed by atoms with Gasteiger partial charge in [0.05, 0.1) is 17.9 Å². The van der Waals surface area contributed by atoms with Gasteiger partial charge in [-0.05, 0) is 52.1 Å². The van der Waals surface area contributed by atoms with Crippen molar-refractivity contribution in [3.05, 3.63) is 23.8 Å². The topological polar surface area (TPSA) is 58.8 Å². The molecule has 1 aromatic rings. The van der Waals surface area contributed by atoms with Gasteiger partial charge < -0.3 is 20.3 Å². The molecule has 0 amide bonds. The number of piperidine rings is 1. The molecule has 1 aromatic carbocycles. The second-order valence-corrected chi connectivity index (χ2v) is 5.70. The van der Waals surface area contributed by atoms with Crippen LogP contribution in [-0.4, -0.2) is 50.7 Å². The van der Waals surface area contributed by atoms with E-state index in [2.05, 4.69) is 23.9 Å². The minimum atomic E-state index is -0.299. The van der Waals surface area contributed by atoms with Crippen molar-refractivity contribution in [1.82, 2.24) is 4.90 Å². The molecule has 1 saturated heterocycles. The van der Waals surface area contributed by atoms with E-state index in [1.54, 1.807) is 6.07 Å². The summed E-state index contributed by atoms with van der Waals surface area (Å²) in [6.45, 7) is 4.06. The zero-order chi connectivity index (χ0) is 15.4. The number of hydrogen-bond donors (Lipinski definition) is 1. The molecule has 5 heteroatoms. The normalized spacial score (nSPS) is 18.9. The molecule has 0 bridgehead atoms. The van der Waals surface area contributed by atoms with Crippen LogP contribution in [0.25, 0.3) is 0 Å². The number of esters is 1. The summed E-state index contributed by atoms with van der Waals surface area (Å²) >= 11 is 0. The molecule has 1 fully saturated rings. The number of hydrogen-bond acceptors (Lipinski definition) is 5. The van der Waals surface area contributed by atoms with E-state index in [-0.39, 0.29) is 5.97 Å². The Kier molecular flexibility index (Phi) is 5.07. The third-order valence-electron chi connectivity index (χ3n) is 3.98. The average Bonchev–Trinajstić information content (AvgIpc) is 2.47. The lowest BCUT2D eigenvalue weighted by Gasteiger charge is -2.38. The van der Waals surface area contributed by atoms with Crippen molar-refractivity contribution in [2.75, 3.05) is 44.4 Å². The predicted molar refractivity (Wildman–Crippen MR) is 85.7 cm³/mol. The summed E-state index contributed by atoms with van der Waals surface area (Å²) in [5.41, 5.74) is 7.91. The van der Waals surface area contributed by atoms with Crippen LogP contribution in [0.4, 0.5) is 11.4 Å². The molecule has 0 aromatic heterocycles. The Hall–Kier alpha value is -1.75. The van der Waals surface area contributed by atoms with Gasteiger partial charge in [0.15, 0.2) is 0 Å². The highest BCUT2D eigenvalue weighted by Crippen LogP contribution is 2.27. The van der Waals surface area contributed by atoms with Crippen molar-refractivity contribution < 1.29 is 9.53 Å². The number of rotatable bonds is 4. The van der Waals surface area contributed by atoms with Crippen LogP contribution in [0.3, 0.4) is 0 Å². The van der Waals surface area contributed by atoms with Crippen molar-refractivity contribution in [3.8, 4) is 0 Å². The Morgan fingerprint density at radius 2 is 2.24 bits per heavy atom. The predicted octanol–water partition coefficient (Wildman–Crippen LogP) is 1.98. The Labute approximate surface area is 126 Å². The van der Waals surface area contributed by atoms with Crippen LogP contribution >= 0.6 is 0 Å². The van der Waals surface area contributed by atoms with Crippen LogP contribution in [0.2, 0.25) is 0 Å². The van der Waals surface area contributed by atoms with Crippen LogP contribution in [0.5, 0.6) is 0 Å². The summed E-state index contributed by atoms with van der Waals surface area (Å²) in [5.74, 6) is -0.299. The number of carbonyl (C=O) groups is 1. The van der Waals surface area contributed by atoms with E-state index in [1.165, 1.54) is 6.42 Å². The zero-order valence-electron chi connectivity index (χ0n) is 13.1. The maximum atomic E-state index is 12.2. The van der Waals surface area contributed by atoms with Crippen LogP contribution in [0, 0.1) is 0 Å². The highest BCUT2D eigenvalue weighted by molar-refractivity contribution is 5.97. The molecule has 1 heterocycles. The van der Waals surface area contributed by atoms with Gasteiger partial charge in [0.2, 0.25) is 0 Å². The quantitative estimate of drug-likeness (QED) is 0.679. The zero-order valence-corrected chi connectivity index (χ0v) is 13.1. The molecule has 1 atom stereocenters. The first-order chi connectivity index (χ1) is 10.0. The summed E-state index contributed by atoms with van der Waals surface area (Å²) in [6.07, 6.45) is 2.31. The summed E-state index contributed by atoms with van der Waals surface area (Å²) in [6, 6.07) is 6.00. The second-order valence-electron chi connectivity index (χ2n) is 5.70. The molecular formula is C16H25N3O2. The first kappa shape index (κ1) is 15.6. The van der Waals surface area contributed by atoms with E-state index in [4.69, 9.17) is 10.5 Å². The van der Waals surface area contributed by atoms with Gasteiger partial charge in [-0.25, -0.2) is 4.79 Å². The number of nitrogens with zero attached hydrogens (tertiary/aromatic N) is 2. The molecule has 0 radical (unpaired) electrons. The summed E-state index contributed by atoms with van der Waals surface area (Å²) in [5, 5.41) is 0. The SMILES string of the molecule is CCOC(=O)c1cc(N)ccc1N1CCCC(N(C)C)C1. The van der Waals surface area contributed by atoms with Crippen molar-refractivity contribution in [2.24, 2.45) is 0 Å². The standard InChI is InChI=1S/C16H25N3O2/c1-4-21-16(20)14-10-12(17)7-8-15(14)19-9-5-6-13(11-19)18(2)3/h7-8,10,13H,4-6,9,11,17H2,1-3H3. The van der Waals surface area contributed by atoms with Gasteiger partial charge in [0, 0.05) is 24.8 Å². The van der Waals surface area contributed by atoms with Crippen LogP contribution < -0.4 is 10.6 Å². The lowest BCUT2D eigenvalue weighted by Crippen LogP contribution is -2.45. The minimum Gasteiger partial charge on any atom is -0.462 e. The van der Waals surface area contributed by atoms with E-state index < -0.39 is 0 Å². The second kappa shape index (κ2) is 6.80. The number of ether oxygens (including phenoxy) is 1. The molecule has 21 heavy (non-hydrogen) atoms. The van der Waals surface area contributed by atoms with Crippen molar-refractivity contribution >= 4 is 17.3 Å². The van der Waals surface area contributed by atoms with Gasteiger partial charge in [0.1, 0.15) is 0 Å². The van der Waals surface area contributed by atoms with E-state index in [0.717, 1.165) is 25.2 Å². The number of nitrogens with two attached hydrogens (primary N) is 1. The van der Waals surface area contributed by atoms with E-state index in [9.17, 15) is 4.79 Å². The maximum absolute atomic E-state index is 12.2. The molecular weight excluding hydrogens is 266 g/mol. The van der Waals surface area contributed by atoms with Gasteiger partial charge in [-0.1, -0.05) is 0 Å². The van der Waals surface area contributed by atoms with Gasteiger partial charge in [-0.15, -0.1) is 0 Å². The lowest BCUT2D eigenvalue weighted by atomic mass is 10.0. The molecule has 116 valence electrons. The van der Waals surface area contributed by atoms with Gasteiger partial charge in [0.25, 0.3) is 0 Å². The Bertz CT molecular complexity index is 502. The first-order valence-corrected chi connectivity index (χ1v) is 7.51. The molecule has 0 saturated carbocycles. The smallest absolute Gasteiger partial charge is 0.340 e. The van der Waals surface area contributed by atoms with E-state index in [1.807, 2.05) is 19.1 Å². The summed E-state index contributed by atoms with van der Waals surface area (Å²) in [7, 11) is 4.20. The summed E-state index contributed by atoms with van der Waals surface area (Å²) < 4.78 is 5.16. The van der Waals surface area contributed by atoms with Crippen LogP contribution in [0.1, 0.15) is 30.1 Å². The summed E-state index contributed by atoms with van der Waals surface area (Å²) in [4.78, 5) is 16.7. The molecule has 1 unspecified atom stereocenters. The van der Waals surface area contributed by atoms with Gasteiger partial charge in [-0.3, -0.25) is 0 Å². The fourth-order valence-electron chi connectivity index (χ4n) is 2.80. The van der Waals surface area contributed by atoms with Gasteiger partial charge >= 0.3 is 5.97 Å². The van der Waals surface area contributed by atoms with E-state index in [0.29, 0.717) is 23.9 Å². The van der Waals surface area contributed by atoms with Crippen molar-refractivity contribution in [1.29, 1.82) is 0 Å². The first-order valence-electron chi connectivity index (χ1n) is 7.51. The molecule has 1 aliphatic rings. The highest BCUT2D eigenvalue weighted by atomic mass is 16.5. The van der Waals surface area contributed by atoms with Crippen molar-refractivity contribution in [3.63, 3.8) is 0 Å². The van der Waals surface area contributed by atoms with Gasteiger partial charge in [-0.2, -0.15) is 0 Å². The lowest BCUT2D eigenvalue weighted by molar-refractivity contribution is 0.0527. The maximum Gasteiger partial charge on any atom is 0.340 e. The Balaban J connectivity index is 2.28. The van der Waals surface area contributed by atoms with Crippen LogP contribution in [0.15, 0.2) is 18.2 Å². The molecule has 0 spiro atoms. The van der Waals surface area contributed by atoms with E-state index >= 15 is 0 Å². The minimum absolute atomic E-state index is 0.299. The highest BCUT2D eigenvalue weighted by Gasteiger charge is 2.25. The number of benzene rings is 1. The number of likely N-dealkylation sites (N-methyl/N-ethyl adjacent to an activating group) is 1. The largest absolute Gasteiger partial charge is 0.462 e. The number of carbonyl (C=O) groups excluding carboxylic acids is 1. The molecule has 0 aliphatic carbocycles. The number of anilines is 2. The molecule has 1 aliphatic heterocycles. The third kappa shape index (κ3) is 3.67. The molecule has 5 nitrogen and oxygen atoms in total. The van der Waals surface area contributed by atoms with Crippen molar-refractivity contribution in [2.45, 2.75) is 25.8 Å². The monoisotopic (exact) mass is 291 g/mol. The Morgan fingerprint density at radius 3 is 2.90 bits per heavy atom.